The molecule has 2 aliphatic rings. The van der Waals surface area contributed by atoms with E-state index in [1.165, 1.54) is 18.2 Å². The number of benzene rings is 2. The second-order valence-corrected chi connectivity index (χ2v) is 8.18. The summed E-state index contributed by atoms with van der Waals surface area (Å²) in [4.78, 5) is 15.0. The summed E-state index contributed by atoms with van der Waals surface area (Å²) >= 11 is 0. The van der Waals surface area contributed by atoms with Gasteiger partial charge in [0.25, 0.3) is 5.56 Å². The van der Waals surface area contributed by atoms with Gasteiger partial charge in [0.05, 0.1) is 0 Å². The van der Waals surface area contributed by atoms with Gasteiger partial charge in [-0.15, -0.1) is 0 Å². The lowest BCUT2D eigenvalue weighted by Crippen LogP contribution is -2.47. The van der Waals surface area contributed by atoms with Crippen LogP contribution < -0.4 is 5.56 Å². The van der Waals surface area contributed by atoms with Crippen LogP contribution in [0.25, 0.3) is 11.1 Å². The summed E-state index contributed by atoms with van der Waals surface area (Å²) in [6.07, 6.45) is 1.00. The number of piperidine rings is 1. The maximum atomic E-state index is 14.5. The van der Waals surface area contributed by atoms with Gasteiger partial charge in [0.2, 0.25) is 0 Å². The molecular weight excluding hydrogens is 370 g/mol. The Hall–Kier alpha value is -2.79. The highest BCUT2D eigenvalue weighted by atomic mass is 19.1. The number of hydrogen-bond acceptors (Lipinski definition) is 2. The first-order valence-electron chi connectivity index (χ1n) is 10.0. The van der Waals surface area contributed by atoms with Crippen molar-refractivity contribution in [3.63, 3.8) is 0 Å². The van der Waals surface area contributed by atoms with Gasteiger partial charge in [-0.2, -0.15) is 0 Å². The number of likely N-dealkylation sites (tertiary alicyclic amines) is 1. The van der Waals surface area contributed by atoms with E-state index in [0.29, 0.717) is 18.0 Å². The Kier molecular flexibility index (Phi) is 4.55. The number of pyridine rings is 1. The molecule has 0 spiro atoms. The quantitative estimate of drug-likeness (QED) is 0.660. The van der Waals surface area contributed by atoms with Gasteiger partial charge in [-0.25, -0.2) is 8.78 Å². The molecule has 5 heteroatoms. The molecule has 1 fully saturated rings. The van der Waals surface area contributed by atoms with Crippen LogP contribution >= 0.6 is 0 Å². The molecule has 2 aliphatic heterocycles. The van der Waals surface area contributed by atoms with Crippen LogP contribution in [0.4, 0.5) is 8.78 Å². The second kappa shape index (κ2) is 7.23. The fourth-order valence-corrected chi connectivity index (χ4v) is 5.00. The van der Waals surface area contributed by atoms with Gasteiger partial charge in [-0.3, -0.25) is 9.69 Å². The Morgan fingerprint density at radius 3 is 2.45 bits per heavy atom. The van der Waals surface area contributed by atoms with Crippen LogP contribution in [-0.4, -0.2) is 22.6 Å². The molecule has 2 bridgehead atoms. The first kappa shape index (κ1) is 18.3. The van der Waals surface area contributed by atoms with Gasteiger partial charge in [0.1, 0.15) is 11.6 Å². The van der Waals surface area contributed by atoms with E-state index in [9.17, 15) is 13.6 Å². The number of hydrogen-bond donors (Lipinski definition) is 0. The van der Waals surface area contributed by atoms with Gasteiger partial charge < -0.3 is 4.57 Å². The molecule has 0 saturated carbocycles. The lowest BCUT2D eigenvalue weighted by Gasteiger charge is -2.43. The van der Waals surface area contributed by atoms with Gasteiger partial charge in [-0.05, 0) is 42.2 Å². The number of aromatic nitrogens is 1. The largest absolute Gasteiger partial charge is 0.311 e. The molecule has 2 aromatic carbocycles. The molecule has 5 rings (SSSR count). The van der Waals surface area contributed by atoms with E-state index in [0.717, 1.165) is 42.9 Å². The molecule has 0 aliphatic carbocycles. The van der Waals surface area contributed by atoms with Crippen LogP contribution in [0, 0.1) is 17.6 Å². The Morgan fingerprint density at radius 1 is 0.862 bits per heavy atom. The van der Waals surface area contributed by atoms with Crippen molar-refractivity contribution in [3.05, 3.63) is 93.9 Å². The molecule has 0 radical (unpaired) electrons. The maximum Gasteiger partial charge on any atom is 0.250 e. The lowest BCUT2D eigenvalue weighted by atomic mass is 9.80. The van der Waals surface area contributed by atoms with Gasteiger partial charge in [0, 0.05) is 55.0 Å². The Balaban J connectivity index is 1.51. The number of rotatable bonds is 3. The van der Waals surface area contributed by atoms with Crippen LogP contribution in [0.5, 0.6) is 0 Å². The predicted molar refractivity (Wildman–Crippen MR) is 109 cm³/mol. The van der Waals surface area contributed by atoms with E-state index >= 15 is 0 Å². The highest BCUT2D eigenvalue weighted by Gasteiger charge is 2.36. The summed E-state index contributed by atoms with van der Waals surface area (Å²) in [6, 6.07) is 16.7. The van der Waals surface area contributed by atoms with Crippen molar-refractivity contribution in [2.45, 2.75) is 25.4 Å². The zero-order valence-electron chi connectivity index (χ0n) is 16.0. The third-order valence-electron chi connectivity index (χ3n) is 6.15. The average molecular weight is 392 g/mol. The minimum Gasteiger partial charge on any atom is -0.311 e. The molecule has 1 aromatic heterocycles. The molecule has 0 unspecified atom stereocenters. The van der Waals surface area contributed by atoms with Gasteiger partial charge >= 0.3 is 0 Å². The monoisotopic (exact) mass is 392 g/mol. The maximum absolute atomic E-state index is 14.5. The predicted octanol–water partition coefficient (Wildman–Crippen LogP) is 4.41. The minimum absolute atomic E-state index is 0.0122. The molecule has 3 aromatic rings. The highest BCUT2D eigenvalue weighted by molar-refractivity contribution is 5.67. The zero-order chi connectivity index (χ0) is 20.0. The van der Waals surface area contributed by atoms with Crippen molar-refractivity contribution in [3.8, 4) is 11.1 Å². The smallest absolute Gasteiger partial charge is 0.250 e. The lowest BCUT2D eigenvalue weighted by molar-refractivity contribution is 0.114. The van der Waals surface area contributed by atoms with Crippen LogP contribution in [0.15, 0.2) is 65.5 Å². The zero-order valence-corrected chi connectivity index (χ0v) is 16.0. The molecule has 3 nitrogen and oxygen atoms in total. The SMILES string of the molecule is O=c1ccc(-c2ccccc2F)c2n1C[C@H]1C[C@@H]2CN(Cc2ccc(F)cc2)C1. The Bertz CT molecular complexity index is 1110. The third-order valence-corrected chi connectivity index (χ3v) is 6.15. The van der Waals surface area contributed by atoms with E-state index in [-0.39, 0.29) is 23.1 Å². The molecular formula is C24H22F2N2O. The minimum atomic E-state index is -0.268. The highest BCUT2D eigenvalue weighted by Crippen LogP contribution is 2.40. The fourth-order valence-electron chi connectivity index (χ4n) is 5.00. The van der Waals surface area contributed by atoms with Crippen molar-refractivity contribution in [2.24, 2.45) is 5.92 Å². The molecule has 1 saturated heterocycles. The fraction of sp³-hybridized carbons (Fsp3) is 0.292. The molecule has 29 heavy (non-hydrogen) atoms. The number of fused-ring (bicyclic) bond motifs is 4. The van der Waals surface area contributed by atoms with Crippen LogP contribution in [0.2, 0.25) is 0 Å². The summed E-state index contributed by atoms with van der Waals surface area (Å²) in [5.41, 5.74) is 3.37. The summed E-state index contributed by atoms with van der Waals surface area (Å²) in [5.74, 6) is 0.0591. The molecule has 148 valence electrons. The van der Waals surface area contributed by atoms with E-state index in [1.54, 1.807) is 24.3 Å². The molecule has 0 N–H and O–H groups in total. The first-order chi connectivity index (χ1) is 14.1. The summed E-state index contributed by atoms with van der Waals surface area (Å²) in [5, 5.41) is 0. The van der Waals surface area contributed by atoms with Crippen molar-refractivity contribution >= 4 is 0 Å². The van der Waals surface area contributed by atoms with Crippen molar-refractivity contribution in [1.29, 1.82) is 0 Å². The molecule has 0 amide bonds. The van der Waals surface area contributed by atoms with E-state index in [4.69, 9.17) is 0 Å². The standard InChI is InChI=1S/C24H22F2N2O/c25-19-7-5-16(6-8-19)12-27-13-17-11-18(15-27)24-21(9-10-23(29)28(24)14-17)20-3-1-2-4-22(20)26/h1-10,17-18H,11-15H2/t17-,18+/m0/s1. The van der Waals surface area contributed by atoms with E-state index < -0.39 is 0 Å². The normalized spacial score (nSPS) is 21.0. The van der Waals surface area contributed by atoms with Crippen LogP contribution in [-0.2, 0) is 13.1 Å². The summed E-state index contributed by atoms with van der Waals surface area (Å²) < 4.78 is 29.6. The summed E-state index contributed by atoms with van der Waals surface area (Å²) in [7, 11) is 0. The Labute approximate surface area is 168 Å². The average Bonchev–Trinajstić information content (AvgIpc) is 2.71. The van der Waals surface area contributed by atoms with E-state index in [2.05, 4.69) is 4.90 Å². The first-order valence-corrected chi connectivity index (χ1v) is 10.0. The van der Waals surface area contributed by atoms with Gasteiger partial charge in [-0.1, -0.05) is 30.3 Å². The third kappa shape index (κ3) is 3.40. The van der Waals surface area contributed by atoms with E-state index in [1.807, 2.05) is 22.8 Å². The second-order valence-electron chi connectivity index (χ2n) is 8.18. The van der Waals surface area contributed by atoms with Crippen molar-refractivity contribution in [2.75, 3.05) is 13.1 Å². The van der Waals surface area contributed by atoms with Crippen LogP contribution in [0.3, 0.4) is 0 Å². The molecule has 2 atom stereocenters. The van der Waals surface area contributed by atoms with Gasteiger partial charge in [0.15, 0.2) is 0 Å². The summed E-state index contributed by atoms with van der Waals surface area (Å²) in [6.45, 7) is 3.12. The Morgan fingerprint density at radius 2 is 1.66 bits per heavy atom. The number of nitrogens with zero attached hydrogens (tertiary/aromatic N) is 2. The molecule has 3 heterocycles. The van der Waals surface area contributed by atoms with Crippen molar-refractivity contribution in [1.82, 2.24) is 9.47 Å². The van der Waals surface area contributed by atoms with Crippen LogP contribution in [0.1, 0.15) is 23.6 Å². The topological polar surface area (TPSA) is 25.2 Å². The number of halogens is 2. The van der Waals surface area contributed by atoms with Crippen molar-refractivity contribution < 1.29 is 8.78 Å².